The summed E-state index contributed by atoms with van der Waals surface area (Å²) in [5, 5.41) is 9.70. The van der Waals surface area contributed by atoms with Gasteiger partial charge in [-0.1, -0.05) is 0 Å². The van der Waals surface area contributed by atoms with Gasteiger partial charge in [-0.25, -0.2) is 9.97 Å². The summed E-state index contributed by atoms with van der Waals surface area (Å²) in [6, 6.07) is 3.75. The van der Waals surface area contributed by atoms with Crippen LogP contribution in [0.4, 0.5) is 32.0 Å². The number of hydrogen-bond donors (Lipinski definition) is 2. The Labute approximate surface area is 158 Å². The van der Waals surface area contributed by atoms with Crippen LogP contribution in [0.5, 0.6) is 0 Å². The summed E-state index contributed by atoms with van der Waals surface area (Å²) in [5.74, 6) is 0.166. The second kappa shape index (κ2) is 8.07. The summed E-state index contributed by atoms with van der Waals surface area (Å²) in [4.78, 5) is 7.87. The van der Waals surface area contributed by atoms with Crippen molar-refractivity contribution in [1.82, 2.24) is 9.97 Å². The molecule has 27 heavy (non-hydrogen) atoms. The molecule has 0 saturated carbocycles. The zero-order valence-corrected chi connectivity index (χ0v) is 14.9. The van der Waals surface area contributed by atoms with E-state index in [2.05, 4.69) is 31.2 Å². The first-order chi connectivity index (χ1) is 12.4. The number of aromatic nitrogens is 2. The van der Waals surface area contributed by atoms with Crippen LogP contribution >= 0.6 is 15.9 Å². The third-order valence-corrected chi connectivity index (χ3v) is 3.57. The summed E-state index contributed by atoms with van der Waals surface area (Å²) in [5.41, 5.74) is -2.48. The summed E-state index contributed by atoms with van der Waals surface area (Å²) in [6.45, 7) is 0. The van der Waals surface area contributed by atoms with E-state index in [1.165, 1.54) is 12.4 Å². The Bertz CT molecular complexity index is 826. The van der Waals surface area contributed by atoms with Crippen LogP contribution in [-0.2, 0) is 12.6 Å². The number of anilines is 1. The molecule has 1 aromatic heterocycles. The highest BCUT2D eigenvalue weighted by molar-refractivity contribution is 9.10. The molecule has 0 aliphatic heterocycles. The Morgan fingerprint density at radius 3 is 2.07 bits per heavy atom. The Kier molecular flexibility index (Phi) is 6.24. The van der Waals surface area contributed by atoms with E-state index >= 15 is 0 Å². The Morgan fingerprint density at radius 2 is 1.59 bits per heavy atom. The highest BCUT2D eigenvalue weighted by Gasteiger charge is 2.33. The number of nitrogens with zero attached hydrogens (tertiary/aromatic N) is 2. The molecular weight excluding hydrogens is 442 g/mol. The van der Waals surface area contributed by atoms with E-state index in [0.717, 1.165) is 24.3 Å². The quantitative estimate of drug-likeness (QED) is 0.472. The van der Waals surface area contributed by atoms with Crippen LogP contribution in [0.3, 0.4) is 0 Å². The Hall–Kier alpha value is -2.43. The van der Waals surface area contributed by atoms with E-state index in [1.54, 1.807) is 0 Å². The van der Waals surface area contributed by atoms with E-state index in [1.807, 2.05) is 0 Å². The molecule has 0 amide bonds. The van der Waals surface area contributed by atoms with Crippen molar-refractivity contribution in [1.29, 1.82) is 5.41 Å². The van der Waals surface area contributed by atoms with Crippen molar-refractivity contribution in [3.8, 4) is 0 Å². The molecule has 2 N–H and O–H groups in total. The molecule has 11 heteroatoms. The maximum Gasteiger partial charge on any atom is 0.432 e. The number of rotatable bonds is 5. The normalized spacial score (nSPS) is 12.8. The molecule has 144 valence electrons. The predicted octanol–water partition coefficient (Wildman–Crippen LogP) is 5.38. The first kappa shape index (κ1) is 20.9. The lowest BCUT2D eigenvalue weighted by atomic mass is 10.1. The molecule has 1 heterocycles. The zero-order chi connectivity index (χ0) is 20.2. The van der Waals surface area contributed by atoms with E-state index in [-0.39, 0.29) is 23.6 Å². The van der Waals surface area contributed by atoms with Gasteiger partial charge in [0.2, 0.25) is 0 Å². The molecule has 1 aromatic carbocycles. The number of nitrogens with one attached hydrogen (secondary N) is 2. The Balaban J connectivity index is 2.27. The second-order valence-electron chi connectivity index (χ2n) is 5.28. The number of benzene rings is 1. The van der Waals surface area contributed by atoms with E-state index in [9.17, 15) is 26.3 Å². The summed E-state index contributed by atoms with van der Waals surface area (Å²) >= 11 is 3.12. The number of alkyl halides is 6. The monoisotopic (exact) mass is 452 g/mol. The average Bonchev–Trinajstić information content (AvgIpc) is 2.55. The zero-order valence-electron chi connectivity index (χ0n) is 13.3. The topological polar surface area (TPSA) is 61.7 Å². The van der Waals surface area contributed by atoms with Gasteiger partial charge in [0, 0.05) is 30.2 Å². The molecule has 0 aliphatic carbocycles. The molecule has 0 bridgehead atoms. The molecular formula is C16H11BrF6N4. The molecule has 4 nitrogen and oxygen atoms in total. The largest absolute Gasteiger partial charge is 0.432 e. The van der Waals surface area contributed by atoms with Gasteiger partial charge in [0.05, 0.1) is 10.0 Å². The van der Waals surface area contributed by atoms with Crippen LogP contribution in [0.1, 0.15) is 11.4 Å². The lowest BCUT2D eigenvalue weighted by molar-refractivity contribution is -0.137. The van der Waals surface area contributed by atoms with Gasteiger partial charge < -0.3 is 5.32 Å². The lowest BCUT2D eigenvalue weighted by Gasteiger charge is -2.13. The molecule has 0 fully saturated rings. The van der Waals surface area contributed by atoms with Crippen molar-refractivity contribution in [2.45, 2.75) is 18.8 Å². The number of allylic oxidation sites excluding steroid dienone is 2. The fourth-order valence-electron chi connectivity index (χ4n) is 1.92. The summed E-state index contributed by atoms with van der Waals surface area (Å²) in [6.07, 6.45) is -6.25. The molecule has 0 spiro atoms. The molecule has 0 radical (unpaired) electrons. The Morgan fingerprint density at radius 1 is 1.04 bits per heavy atom. The van der Waals surface area contributed by atoms with Gasteiger partial charge in [0.15, 0.2) is 0 Å². The van der Waals surface area contributed by atoms with Crippen molar-refractivity contribution >= 4 is 27.3 Å². The van der Waals surface area contributed by atoms with Gasteiger partial charge in [-0.05, 0) is 46.3 Å². The van der Waals surface area contributed by atoms with Crippen LogP contribution in [-0.4, -0.2) is 21.9 Å². The van der Waals surface area contributed by atoms with Crippen LogP contribution in [0.15, 0.2) is 52.9 Å². The smallest absolute Gasteiger partial charge is 0.358 e. The van der Waals surface area contributed by atoms with E-state index < -0.39 is 23.6 Å². The van der Waals surface area contributed by atoms with Crippen LogP contribution in [0.25, 0.3) is 0 Å². The molecule has 0 unspecified atom stereocenters. The minimum absolute atomic E-state index is 0.0978. The summed E-state index contributed by atoms with van der Waals surface area (Å²) in [7, 11) is 0. The number of halogens is 7. The van der Waals surface area contributed by atoms with Gasteiger partial charge in [0.25, 0.3) is 0 Å². The average molecular weight is 453 g/mol. The maximum absolute atomic E-state index is 12.7. The van der Waals surface area contributed by atoms with Crippen molar-refractivity contribution in [3.63, 3.8) is 0 Å². The molecule has 0 saturated heterocycles. The fraction of sp³-hybridized carbons (Fsp3) is 0.188. The van der Waals surface area contributed by atoms with Crippen LogP contribution in [0, 0.1) is 5.41 Å². The van der Waals surface area contributed by atoms with Crippen molar-refractivity contribution < 1.29 is 26.3 Å². The van der Waals surface area contributed by atoms with Gasteiger partial charge in [-0.3, -0.25) is 5.41 Å². The van der Waals surface area contributed by atoms with Gasteiger partial charge >= 0.3 is 12.4 Å². The molecule has 2 rings (SSSR count). The minimum Gasteiger partial charge on any atom is -0.358 e. The van der Waals surface area contributed by atoms with Crippen molar-refractivity contribution in [2.75, 3.05) is 5.32 Å². The predicted molar refractivity (Wildman–Crippen MR) is 90.4 cm³/mol. The first-order valence-corrected chi connectivity index (χ1v) is 8.01. The molecule has 2 aromatic rings. The third-order valence-electron chi connectivity index (χ3n) is 3.16. The van der Waals surface area contributed by atoms with E-state index in [4.69, 9.17) is 5.41 Å². The maximum atomic E-state index is 12.7. The molecule has 0 aliphatic rings. The fourth-order valence-corrected chi connectivity index (χ4v) is 2.12. The molecule has 0 atom stereocenters. The second-order valence-corrected chi connectivity index (χ2v) is 6.19. The first-order valence-electron chi connectivity index (χ1n) is 7.22. The van der Waals surface area contributed by atoms with Crippen molar-refractivity contribution in [2.24, 2.45) is 0 Å². The minimum atomic E-state index is -4.87. The van der Waals surface area contributed by atoms with Crippen LogP contribution in [0.2, 0.25) is 0 Å². The summed E-state index contributed by atoms with van der Waals surface area (Å²) < 4.78 is 76.4. The third kappa shape index (κ3) is 6.35. The number of hydrogen-bond acceptors (Lipinski definition) is 4. The lowest BCUT2D eigenvalue weighted by Crippen LogP contribution is -2.21. The highest BCUT2D eigenvalue weighted by atomic mass is 79.9. The SMILES string of the molecule is N=C(/C=C(/Cc1ncc(Br)cn1)Nc1ccc(C(F)(F)F)cc1)C(F)(F)F. The van der Waals surface area contributed by atoms with E-state index in [0.29, 0.717) is 10.5 Å². The van der Waals surface area contributed by atoms with Gasteiger partial charge in [0.1, 0.15) is 11.5 Å². The van der Waals surface area contributed by atoms with Gasteiger partial charge in [-0.2, -0.15) is 26.3 Å². The highest BCUT2D eigenvalue weighted by Crippen LogP contribution is 2.30. The van der Waals surface area contributed by atoms with Crippen molar-refractivity contribution in [3.05, 3.63) is 64.3 Å². The van der Waals surface area contributed by atoms with Gasteiger partial charge in [-0.15, -0.1) is 0 Å². The standard InChI is InChI=1S/C16H11BrF6N4/c17-10-7-25-14(26-8-10)6-12(5-13(24)16(21,22)23)27-11-3-1-9(2-4-11)15(18,19)20/h1-5,7-8,24,27H,6H2/b12-5-,24-13?. The van der Waals surface area contributed by atoms with Crippen LogP contribution < -0.4 is 5.32 Å².